The van der Waals surface area contributed by atoms with E-state index in [4.69, 9.17) is 5.73 Å². The molecule has 0 aliphatic heterocycles. The molecule has 1 saturated carbocycles. The number of nitrogen functional groups attached to an aromatic ring is 1. The van der Waals surface area contributed by atoms with Gasteiger partial charge in [-0.3, -0.25) is 0 Å². The summed E-state index contributed by atoms with van der Waals surface area (Å²) in [5.74, 6) is 0.990. The molecule has 0 spiro atoms. The zero-order valence-corrected chi connectivity index (χ0v) is 10.7. The van der Waals surface area contributed by atoms with Crippen molar-refractivity contribution in [2.24, 2.45) is 0 Å². The highest BCUT2D eigenvalue weighted by Gasteiger charge is 2.16. The molecule has 0 bridgehead atoms. The summed E-state index contributed by atoms with van der Waals surface area (Å²) < 4.78 is 0. The van der Waals surface area contributed by atoms with Crippen LogP contribution in [0.2, 0.25) is 0 Å². The number of benzene rings is 1. The van der Waals surface area contributed by atoms with Crippen LogP contribution in [-0.4, -0.2) is 11.0 Å². The first kappa shape index (κ1) is 11.3. The second-order valence-electron chi connectivity index (χ2n) is 5.18. The summed E-state index contributed by atoms with van der Waals surface area (Å²) in [6, 6.07) is 6.61. The van der Waals surface area contributed by atoms with Gasteiger partial charge in [0.25, 0.3) is 0 Å². The van der Waals surface area contributed by atoms with Crippen molar-refractivity contribution in [3.05, 3.63) is 30.0 Å². The molecule has 0 unspecified atom stereocenters. The van der Waals surface area contributed by atoms with Crippen molar-refractivity contribution >= 4 is 22.3 Å². The Morgan fingerprint density at radius 2 is 2.00 bits per heavy atom. The summed E-state index contributed by atoms with van der Waals surface area (Å²) in [5, 5.41) is 5.86. The molecule has 2 aromatic rings. The number of nitrogens with one attached hydrogen (secondary N) is 1. The van der Waals surface area contributed by atoms with Gasteiger partial charge in [-0.05, 0) is 37.5 Å². The number of nitrogens with zero attached hydrogens (tertiary/aromatic N) is 1. The quantitative estimate of drug-likeness (QED) is 0.791. The summed E-state index contributed by atoms with van der Waals surface area (Å²) in [7, 11) is 0. The van der Waals surface area contributed by atoms with Crippen LogP contribution >= 0.6 is 0 Å². The first-order valence-corrected chi connectivity index (χ1v) is 6.66. The van der Waals surface area contributed by atoms with Gasteiger partial charge in [-0.15, -0.1) is 0 Å². The SMILES string of the molecule is Cc1ccc(N)c2ccnc(NC3CCCC3)c12. The Kier molecular flexibility index (Phi) is 2.82. The molecule has 0 atom stereocenters. The summed E-state index contributed by atoms with van der Waals surface area (Å²) in [6.45, 7) is 2.11. The van der Waals surface area contributed by atoms with Gasteiger partial charge in [0, 0.05) is 28.7 Å². The van der Waals surface area contributed by atoms with E-state index in [9.17, 15) is 0 Å². The van der Waals surface area contributed by atoms with Gasteiger partial charge in [0.1, 0.15) is 5.82 Å². The average Bonchev–Trinajstić information content (AvgIpc) is 2.87. The molecule has 0 radical (unpaired) electrons. The van der Waals surface area contributed by atoms with Crippen molar-refractivity contribution < 1.29 is 0 Å². The van der Waals surface area contributed by atoms with Crippen LogP contribution in [0.15, 0.2) is 24.4 Å². The Morgan fingerprint density at radius 3 is 2.78 bits per heavy atom. The first-order valence-electron chi connectivity index (χ1n) is 6.66. The van der Waals surface area contributed by atoms with Gasteiger partial charge >= 0.3 is 0 Å². The maximum atomic E-state index is 6.05. The minimum absolute atomic E-state index is 0.573. The Labute approximate surface area is 107 Å². The van der Waals surface area contributed by atoms with Crippen LogP contribution in [0.25, 0.3) is 10.8 Å². The second kappa shape index (κ2) is 4.48. The largest absolute Gasteiger partial charge is 0.398 e. The normalized spacial score (nSPS) is 16.3. The average molecular weight is 241 g/mol. The Balaban J connectivity index is 2.08. The molecule has 3 N–H and O–H groups in total. The fourth-order valence-electron chi connectivity index (χ4n) is 2.86. The number of rotatable bonds is 2. The van der Waals surface area contributed by atoms with Crippen LogP contribution in [0, 0.1) is 6.92 Å². The van der Waals surface area contributed by atoms with Crippen LogP contribution in [0.4, 0.5) is 11.5 Å². The number of anilines is 2. The van der Waals surface area contributed by atoms with E-state index in [0.29, 0.717) is 6.04 Å². The fraction of sp³-hybridized carbons (Fsp3) is 0.400. The predicted octanol–water partition coefficient (Wildman–Crippen LogP) is 3.48. The second-order valence-corrected chi connectivity index (χ2v) is 5.18. The van der Waals surface area contributed by atoms with Crippen molar-refractivity contribution in [2.75, 3.05) is 11.1 Å². The molecule has 3 rings (SSSR count). The smallest absolute Gasteiger partial charge is 0.134 e. The molecule has 18 heavy (non-hydrogen) atoms. The summed E-state index contributed by atoms with van der Waals surface area (Å²) in [5.41, 5.74) is 8.10. The van der Waals surface area contributed by atoms with Crippen molar-refractivity contribution in [1.82, 2.24) is 4.98 Å². The van der Waals surface area contributed by atoms with Crippen LogP contribution in [0.5, 0.6) is 0 Å². The van der Waals surface area contributed by atoms with Crippen molar-refractivity contribution in [2.45, 2.75) is 38.6 Å². The van der Waals surface area contributed by atoms with E-state index in [2.05, 4.69) is 23.3 Å². The van der Waals surface area contributed by atoms with Gasteiger partial charge in [0.2, 0.25) is 0 Å². The van der Waals surface area contributed by atoms with Gasteiger partial charge in [-0.25, -0.2) is 4.98 Å². The first-order chi connectivity index (χ1) is 8.75. The maximum Gasteiger partial charge on any atom is 0.134 e. The van der Waals surface area contributed by atoms with Gasteiger partial charge < -0.3 is 11.1 Å². The van der Waals surface area contributed by atoms with Crippen LogP contribution in [0.3, 0.4) is 0 Å². The molecule has 1 aromatic heterocycles. The molecule has 1 aromatic carbocycles. The van der Waals surface area contributed by atoms with Gasteiger partial charge in [0.15, 0.2) is 0 Å². The number of hydrogen-bond acceptors (Lipinski definition) is 3. The lowest BCUT2D eigenvalue weighted by molar-refractivity contribution is 0.752. The van der Waals surface area contributed by atoms with Crippen LogP contribution < -0.4 is 11.1 Å². The summed E-state index contributed by atoms with van der Waals surface area (Å²) >= 11 is 0. The van der Waals surface area contributed by atoms with E-state index in [-0.39, 0.29) is 0 Å². The number of hydrogen-bond donors (Lipinski definition) is 2. The monoisotopic (exact) mass is 241 g/mol. The van der Waals surface area contributed by atoms with E-state index in [1.807, 2.05) is 18.3 Å². The predicted molar refractivity (Wildman–Crippen MR) is 76.8 cm³/mol. The lowest BCUT2D eigenvalue weighted by atomic mass is 10.0. The molecular weight excluding hydrogens is 222 g/mol. The molecular formula is C15H19N3. The zero-order valence-electron chi connectivity index (χ0n) is 10.7. The summed E-state index contributed by atoms with van der Waals surface area (Å²) in [4.78, 5) is 4.51. The molecule has 1 aliphatic carbocycles. The Morgan fingerprint density at radius 1 is 1.22 bits per heavy atom. The molecule has 0 saturated heterocycles. The minimum Gasteiger partial charge on any atom is -0.398 e. The number of fused-ring (bicyclic) bond motifs is 1. The number of pyridine rings is 1. The maximum absolute atomic E-state index is 6.05. The van der Waals surface area contributed by atoms with E-state index >= 15 is 0 Å². The number of aromatic nitrogens is 1. The molecule has 1 fully saturated rings. The van der Waals surface area contributed by atoms with Crippen molar-refractivity contribution in [3.63, 3.8) is 0 Å². The molecule has 1 heterocycles. The zero-order chi connectivity index (χ0) is 12.5. The highest BCUT2D eigenvalue weighted by molar-refractivity contribution is 6.01. The highest BCUT2D eigenvalue weighted by Crippen LogP contribution is 2.31. The van der Waals surface area contributed by atoms with Crippen molar-refractivity contribution in [3.8, 4) is 0 Å². The van der Waals surface area contributed by atoms with Crippen LogP contribution in [-0.2, 0) is 0 Å². The fourth-order valence-corrected chi connectivity index (χ4v) is 2.86. The molecule has 1 aliphatic rings. The van der Waals surface area contributed by atoms with E-state index in [1.54, 1.807) is 0 Å². The number of nitrogens with two attached hydrogens (primary N) is 1. The van der Waals surface area contributed by atoms with Crippen LogP contribution in [0.1, 0.15) is 31.2 Å². The molecule has 94 valence electrons. The van der Waals surface area contributed by atoms with Gasteiger partial charge in [-0.1, -0.05) is 18.9 Å². The third-order valence-corrected chi connectivity index (χ3v) is 3.87. The standard InChI is InChI=1S/C15H19N3/c1-10-6-7-13(16)12-8-9-17-15(14(10)12)18-11-4-2-3-5-11/h6-9,11H,2-5,16H2,1H3,(H,17,18). The molecule has 3 nitrogen and oxygen atoms in total. The Hall–Kier alpha value is -1.77. The highest BCUT2D eigenvalue weighted by atomic mass is 15.0. The van der Waals surface area contributed by atoms with Gasteiger partial charge in [0.05, 0.1) is 0 Å². The van der Waals surface area contributed by atoms with E-state index < -0.39 is 0 Å². The Bertz CT molecular complexity index is 571. The lowest BCUT2D eigenvalue weighted by Crippen LogP contribution is -2.16. The van der Waals surface area contributed by atoms with Crippen molar-refractivity contribution in [1.29, 1.82) is 0 Å². The molecule has 0 amide bonds. The summed E-state index contributed by atoms with van der Waals surface area (Å²) in [6.07, 6.45) is 6.99. The van der Waals surface area contributed by atoms with Gasteiger partial charge in [-0.2, -0.15) is 0 Å². The van der Waals surface area contributed by atoms with E-state index in [0.717, 1.165) is 16.9 Å². The molecule has 3 heteroatoms. The van der Waals surface area contributed by atoms with E-state index in [1.165, 1.54) is 36.6 Å². The minimum atomic E-state index is 0.573. The number of aryl methyl sites for hydroxylation is 1. The third-order valence-electron chi connectivity index (χ3n) is 3.87. The third kappa shape index (κ3) is 1.90. The lowest BCUT2D eigenvalue weighted by Gasteiger charge is -2.16. The topological polar surface area (TPSA) is 50.9 Å².